The van der Waals surface area contributed by atoms with Gasteiger partial charge in [0.25, 0.3) is 5.89 Å². The largest absolute Gasteiger partial charge is 0.399 e. The molecule has 0 amide bonds. The van der Waals surface area contributed by atoms with Crippen LogP contribution in [0.25, 0.3) is 22.8 Å². The van der Waals surface area contributed by atoms with Gasteiger partial charge in [-0.2, -0.15) is 4.98 Å². The van der Waals surface area contributed by atoms with E-state index < -0.39 is 0 Å². The van der Waals surface area contributed by atoms with Gasteiger partial charge in [0, 0.05) is 15.7 Å². The van der Waals surface area contributed by atoms with Crippen LogP contribution in [0, 0.1) is 0 Å². The van der Waals surface area contributed by atoms with Gasteiger partial charge < -0.3 is 10.3 Å². The maximum Gasteiger partial charge on any atom is 0.259 e. The van der Waals surface area contributed by atoms with Crippen molar-refractivity contribution in [3.63, 3.8) is 0 Å². The lowest BCUT2D eigenvalue weighted by atomic mass is 10.2. The number of nitrogens with zero attached hydrogens (tertiary/aromatic N) is 2. The Bertz CT molecular complexity index is 755. The highest BCUT2D eigenvalue weighted by atomic mass is 79.9. The third-order valence-corrected chi connectivity index (χ3v) is 4.07. The number of nitrogen functional groups attached to an aromatic ring is 1. The van der Waals surface area contributed by atoms with E-state index in [1.165, 1.54) is 0 Å². The summed E-state index contributed by atoms with van der Waals surface area (Å²) in [5, 5.41) is 4.50. The van der Waals surface area contributed by atoms with Gasteiger partial charge in [0.05, 0.1) is 10.6 Å². The zero-order valence-corrected chi connectivity index (χ0v) is 12.5. The molecular formula is C14H9BrClN3O. The number of rotatable bonds is 2. The number of benzene rings is 2. The molecule has 2 N–H and O–H groups in total. The van der Waals surface area contributed by atoms with Crippen molar-refractivity contribution < 1.29 is 4.52 Å². The zero-order chi connectivity index (χ0) is 14.1. The molecule has 3 aromatic rings. The Morgan fingerprint density at radius 2 is 1.85 bits per heavy atom. The average Bonchev–Trinajstić information content (AvgIpc) is 2.92. The minimum atomic E-state index is 0.378. The minimum Gasteiger partial charge on any atom is -0.399 e. The van der Waals surface area contributed by atoms with E-state index in [9.17, 15) is 0 Å². The minimum absolute atomic E-state index is 0.378. The second kappa shape index (κ2) is 5.26. The lowest BCUT2D eigenvalue weighted by Crippen LogP contribution is -1.85. The van der Waals surface area contributed by atoms with Gasteiger partial charge in [-0.3, -0.25) is 0 Å². The second-order valence-electron chi connectivity index (χ2n) is 4.15. The van der Waals surface area contributed by atoms with Crippen LogP contribution in [0.2, 0.25) is 5.02 Å². The van der Waals surface area contributed by atoms with Crippen LogP contribution < -0.4 is 5.73 Å². The molecule has 1 heterocycles. The highest BCUT2D eigenvalue weighted by Gasteiger charge is 2.14. The summed E-state index contributed by atoms with van der Waals surface area (Å²) in [7, 11) is 0. The first-order chi connectivity index (χ1) is 9.65. The predicted molar refractivity (Wildman–Crippen MR) is 82.3 cm³/mol. The number of hydrogen-bond acceptors (Lipinski definition) is 4. The quantitative estimate of drug-likeness (QED) is 0.696. The fourth-order valence-corrected chi connectivity index (χ4v) is 2.32. The highest BCUT2D eigenvalue weighted by molar-refractivity contribution is 9.10. The molecule has 0 fully saturated rings. The summed E-state index contributed by atoms with van der Waals surface area (Å²) in [5.41, 5.74) is 7.86. The van der Waals surface area contributed by atoms with Crippen LogP contribution in [-0.4, -0.2) is 10.1 Å². The molecule has 20 heavy (non-hydrogen) atoms. The monoisotopic (exact) mass is 349 g/mol. The maximum atomic E-state index is 6.21. The van der Waals surface area contributed by atoms with Crippen LogP contribution >= 0.6 is 27.5 Å². The summed E-state index contributed by atoms with van der Waals surface area (Å²) < 4.78 is 6.05. The van der Waals surface area contributed by atoms with Gasteiger partial charge in [-0.1, -0.05) is 22.8 Å². The molecule has 0 spiro atoms. The van der Waals surface area contributed by atoms with E-state index in [1.54, 1.807) is 12.1 Å². The molecule has 0 unspecified atom stereocenters. The van der Waals surface area contributed by atoms with E-state index >= 15 is 0 Å². The molecule has 0 aliphatic rings. The molecule has 4 nitrogen and oxygen atoms in total. The van der Waals surface area contributed by atoms with E-state index in [4.69, 9.17) is 21.9 Å². The Balaban J connectivity index is 2.02. The topological polar surface area (TPSA) is 64.9 Å². The van der Waals surface area contributed by atoms with Crippen LogP contribution in [0.1, 0.15) is 0 Å². The fraction of sp³-hybridized carbons (Fsp3) is 0. The number of hydrogen-bond donors (Lipinski definition) is 1. The van der Waals surface area contributed by atoms with E-state index in [1.807, 2.05) is 30.3 Å². The standard InChI is InChI=1S/C14H9BrClN3O/c15-11-3-1-2-10(12(11)16)14-18-13(19-20-14)8-4-6-9(17)7-5-8/h1-7H,17H2. The van der Waals surface area contributed by atoms with Gasteiger partial charge in [-0.05, 0) is 52.3 Å². The molecule has 0 atom stereocenters. The lowest BCUT2D eigenvalue weighted by molar-refractivity contribution is 0.432. The molecule has 0 saturated heterocycles. The first-order valence-electron chi connectivity index (χ1n) is 5.79. The summed E-state index contributed by atoms with van der Waals surface area (Å²) in [6.45, 7) is 0. The number of anilines is 1. The normalized spacial score (nSPS) is 10.7. The molecule has 0 radical (unpaired) electrons. The van der Waals surface area contributed by atoms with Crippen molar-refractivity contribution in [2.75, 3.05) is 5.73 Å². The summed E-state index contributed by atoms with van der Waals surface area (Å²) in [6.07, 6.45) is 0. The Kier molecular flexibility index (Phi) is 3.46. The second-order valence-corrected chi connectivity index (χ2v) is 5.38. The molecule has 2 aromatic carbocycles. The van der Waals surface area contributed by atoms with Gasteiger partial charge in [-0.25, -0.2) is 0 Å². The maximum absolute atomic E-state index is 6.21. The predicted octanol–water partition coefficient (Wildman–Crippen LogP) is 4.40. The van der Waals surface area contributed by atoms with Crippen molar-refractivity contribution in [2.24, 2.45) is 0 Å². The average molecular weight is 351 g/mol. The van der Waals surface area contributed by atoms with Gasteiger partial charge in [0.1, 0.15) is 0 Å². The van der Waals surface area contributed by atoms with Gasteiger partial charge in [0.2, 0.25) is 5.82 Å². The molecule has 6 heteroatoms. The first kappa shape index (κ1) is 13.1. The Morgan fingerprint density at radius 1 is 1.10 bits per heavy atom. The lowest BCUT2D eigenvalue weighted by Gasteiger charge is -1.99. The van der Waals surface area contributed by atoms with Crippen molar-refractivity contribution in [1.29, 1.82) is 0 Å². The van der Waals surface area contributed by atoms with Crippen molar-refractivity contribution in [3.8, 4) is 22.8 Å². The Morgan fingerprint density at radius 3 is 2.60 bits per heavy atom. The summed E-state index contributed by atoms with van der Waals surface area (Å²) in [4.78, 5) is 4.36. The molecule has 1 aromatic heterocycles. The van der Waals surface area contributed by atoms with E-state index in [0.29, 0.717) is 28.0 Å². The molecular weight excluding hydrogens is 342 g/mol. The summed E-state index contributed by atoms with van der Waals surface area (Å²) in [6, 6.07) is 12.8. The summed E-state index contributed by atoms with van der Waals surface area (Å²) in [5.74, 6) is 0.874. The van der Waals surface area contributed by atoms with Crippen molar-refractivity contribution >= 4 is 33.2 Å². The van der Waals surface area contributed by atoms with Gasteiger partial charge >= 0.3 is 0 Å². The first-order valence-corrected chi connectivity index (χ1v) is 6.96. The highest BCUT2D eigenvalue weighted by Crippen LogP contribution is 2.33. The van der Waals surface area contributed by atoms with Crippen molar-refractivity contribution in [1.82, 2.24) is 10.1 Å². The van der Waals surface area contributed by atoms with E-state index in [2.05, 4.69) is 26.1 Å². The molecule has 3 rings (SSSR count). The Labute approximate surface area is 128 Å². The van der Waals surface area contributed by atoms with Gasteiger partial charge in [-0.15, -0.1) is 0 Å². The molecule has 0 aliphatic heterocycles. The molecule has 100 valence electrons. The van der Waals surface area contributed by atoms with Crippen LogP contribution in [0.15, 0.2) is 51.5 Å². The van der Waals surface area contributed by atoms with Crippen LogP contribution in [-0.2, 0) is 0 Å². The SMILES string of the molecule is Nc1ccc(-c2noc(-c3cccc(Br)c3Cl)n2)cc1. The van der Waals surface area contributed by atoms with Crippen LogP contribution in [0.4, 0.5) is 5.69 Å². The fourth-order valence-electron chi connectivity index (χ4n) is 1.75. The number of aromatic nitrogens is 2. The zero-order valence-electron chi connectivity index (χ0n) is 10.2. The molecule has 0 saturated carbocycles. The Hall–Kier alpha value is -1.85. The number of halogens is 2. The van der Waals surface area contributed by atoms with Gasteiger partial charge in [0.15, 0.2) is 0 Å². The third kappa shape index (κ3) is 2.42. The van der Waals surface area contributed by atoms with E-state index in [-0.39, 0.29) is 0 Å². The van der Waals surface area contributed by atoms with Crippen LogP contribution in [0.5, 0.6) is 0 Å². The summed E-state index contributed by atoms with van der Waals surface area (Å²) >= 11 is 9.58. The number of nitrogens with two attached hydrogens (primary N) is 1. The van der Waals surface area contributed by atoms with Crippen molar-refractivity contribution in [3.05, 3.63) is 52.0 Å². The molecule has 0 bridgehead atoms. The third-order valence-electron chi connectivity index (χ3n) is 2.78. The van der Waals surface area contributed by atoms with E-state index in [0.717, 1.165) is 10.0 Å². The molecule has 0 aliphatic carbocycles. The smallest absolute Gasteiger partial charge is 0.259 e. The van der Waals surface area contributed by atoms with Crippen LogP contribution in [0.3, 0.4) is 0 Å². The van der Waals surface area contributed by atoms with Crippen molar-refractivity contribution in [2.45, 2.75) is 0 Å².